The highest BCUT2D eigenvalue weighted by Crippen LogP contribution is 2.28. The zero-order chi connectivity index (χ0) is 16.8. The summed E-state index contributed by atoms with van der Waals surface area (Å²) in [7, 11) is 3.14. The van der Waals surface area contributed by atoms with Gasteiger partial charge in [0.2, 0.25) is 5.91 Å². The number of methoxy groups -OCH3 is 2. The van der Waals surface area contributed by atoms with Crippen molar-refractivity contribution in [3.63, 3.8) is 0 Å². The van der Waals surface area contributed by atoms with Gasteiger partial charge in [0.05, 0.1) is 14.2 Å². The number of benzene rings is 2. The normalized spacial score (nSPS) is 10.3. The molecular formula is C18H20FNO3. The maximum absolute atomic E-state index is 13.5. The van der Waals surface area contributed by atoms with Crippen molar-refractivity contribution in [2.24, 2.45) is 0 Å². The molecule has 0 aliphatic heterocycles. The van der Waals surface area contributed by atoms with E-state index in [1.54, 1.807) is 39.3 Å². The van der Waals surface area contributed by atoms with Crippen molar-refractivity contribution < 1.29 is 18.7 Å². The van der Waals surface area contributed by atoms with Crippen molar-refractivity contribution in [2.45, 2.75) is 19.8 Å². The fourth-order valence-corrected chi connectivity index (χ4v) is 2.19. The Bertz CT molecular complexity index is 701. The minimum Gasteiger partial charge on any atom is -0.493 e. The van der Waals surface area contributed by atoms with Gasteiger partial charge >= 0.3 is 0 Å². The number of amides is 1. The first-order valence-corrected chi connectivity index (χ1v) is 7.30. The molecule has 122 valence electrons. The summed E-state index contributed by atoms with van der Waals surface area (Å²) in [5.41, 5.74) is 1.98. The largest absolute Gasteiger partial charge is 0.493 e. The SMILES string of the molecule is COc1ccc(CCC(=O)Nc2ccc(C)c(F)c2)cc1OC. The molecule has 0 aromatic heterocycles. The van der Waals surface area contributed by atoms with E-state index in [2.05, 4.69) is 5.32 Å². The molecule has 0 radical (unpaired) electrons. The highest BCUT2D eigenvalue weighted by Gasteiger charge is 2.08. The molecule has 0 bridgehead atoms. The molecule has 0 spiro atoms. The molecule has 4 nitrogen and oxygen atoms in total. The van der Waals surface area contributed by atoms with Gasteiger partial charge in [0.15, 0.2) is 11.5 Å². The van der Waals surface area contributed by atoms with E-state index in [1.165, 1.54) is 6.07 Å². The minimum atomic E-state index is -0.331. The van der Waals surface area contributed by atoms with Crippen molar-refractivity contribution in [1.29, 1.82) is 0 Å². The van der Waals surface area contributed by atoms with Crippen LogP contribution in [0.2, 0.25) is 0 Å². The number of carbonyl (C=O) groups excluding carboxylic acids is 1. The van der Waals surface area contributed by atoms with Gasteiger partial charge < -0.3 is 14.8 Å². The summed E-state index contributed by atoms with van der Waals surface area (Å²) in [6, 6.07) is 10.2. The van der Waals surface area contributed by atoms with Crippen LogP contribution in [-0.2, 0) is 11.2 Å². The Morgan fingerprint density at radius 2 is 1.83 bits per heavy atom. The molecule has 0 fully saturated rings. The van der Waals surface area contributed by atoms with E-state index in [0.29, 0.717) is 35.6 Å². The van der Waals surface area contributed by atoms with Crippen molar-refractivity contribution in [3.05, 3.63) is 53.3 Å². The van der Waals surface area contributed by atoms with Crippen LogP contribution in [0, 0.1) is 12.7 Å². The zero-order valence-corrected chi connectivity index (χ0v) is 13.5. The lowest BCUT2D eigenvalue weighted by atomic mass is 10.1. The highest BCUT2D eigenvalue weighted by molar-refractivity contribution is 5.90. The summed E-state index contributed by atoms with van der Waals surface area (Å²) in [4.78, 5) is 12.0. The van der Waals surface area contributed by atoms with Crippen LogP contribution in [0.15, 0.2) is 36.4 Å². The number of rotatable bonds is 6. The van der Waals surface area contributed by atoms with E-state index in [1.807, 2.05) is 12.1 Å². The Kier molecular flexibility index (Phi) is 5.57. The number of hydrogen-bond donors (Lipinski definition) is 1. The molecule has 0 atom stereocenters. The van der Waals surface area contributed by atoms with Crippen LogP contribution in [0.3, 0.4) is 0 Å². The highest BCUT2D eigenvalue weighted by atomic mass is 19.1. The van der Waals surface area contributed by atoms with E-state index < -0.39 is 0 Å². The van der Waals surface area contributed by atoms with Crippen molar-refractivity contribution in [1.82, 2.24) is 0 Å². The van der Waals surface area contributed by atoms with Crippen LogP contribution in [0.25, 0.3) is 0 Å². The number of carbonyl (C=O) groups is 1. The molecule has 0 unspecified atom stereocenters. The van der Waals surface area contributed by atoms with Crippen LogP contribution in [-0.4, -0.2) is 20.1 Å². The van der Waals surface area contributed by atoms with E-state index in [-0.39, 0.29) is 11.7 Å². The maximum Gasteiger partial charge on any atom is 0.224 e. The molecule has 2 aromatic carbocycles. The zero-order valence-electron chi connectivity index (χ0n) is 13.5. The monoisotopic (exact) mass is 317 g/mol. The van der Waals surface area contributed by atoms with Crippen molar-refractivity contribution in [3.8, 4) is 11.5 Å². The summed E-state index contributed by atoms with van der Waals surface area (Å²) in [6.07, 6.45) is 0.853. The molecule has 5 heteroatoms. The number of nitrogens with one attached hydrogen (secondary N) is 1. The molecule has 0 heterocycles. The summed E-state index contributed by atoms with van der Waals surface area (Å²) in [5.74, 6) is 0.785. The Morgan fingerprint density at radius 3 is 2.48 bits per heavy atom. The van der Waals surface area contributed by atoms with E-state index in [9.17, 15) is 9.18 Å². The number of aryl methyl sites for hydroxylation is 2. The Balaban J connectivity index is 1.95. The van der Waals surface area contributed by atoms with E-state index >= 15 is 0 Å². The predicted molar refractivity (Wildman–Crippen MR) is 87.6 cm³/mol. The fraction of sp³-hybridized carbons (Fsp3) is 0.278. The number of hydrogen-bond acceptors (Lipinski definition) is 3. The standard InChI is InChI=1S/C18H20FNO3/c1-12-4-7-14(11-15(12)19)20-18(21)9-6-13-5-8-16(22-2)17(10-13)23-3/h4-5,7-8,10-11H,6,9H2,1-3H3,(H,20,21). The van der Waals surface area contributed by atoms with E-state index in [4.69, 9.17) is 9.47 Å². The van der Waals surface area contributed by atoms with E-state index in [0.717, 1.165) is 5.56 Å². The maximum atomic E-state index is 13.5. The molecule has 0 aliphatic rings. The second kappa shape index (κ2) is 7.63. The third-order valence-electron chi connectivity index (χ3n) is 3.54. The Morgan fingerprint density at radius 1 is 1.09 bits per heavy atom. The lowest BCUT2D eigenvalue weighted by molar-refractivity contribution is -0.116. The molecular weight excluding hydrogens is 297 g/mol. The average Bonchev–Trinajstić information content (AvgIpc) is 2.56. The Hall–Kier alpha value is -2.56. The third kappa shape index (κ3) is 4.45. The van der Waals surface area contributed by atoms with Gasteiger partial charge in [-0.2, -0.15) is 0 Å². The second-order valence-electron chi connectivity index (χ2n) is 5.20. The van der Waals surface area contributed by atoms with Gasteiger partial charge in [0.1, 0.15) is 5.82 Å². The quantitative estimate of drug-likeness (QED) is 0.883. The number of halogens is 1. The van der Waals surface area contributed by atoms with Gasteiger partial charge in [-0.25, -0.2) is 4.39 Å². The van der Waals surface area contributed by atoms with Gasteiger partial charge in [-0.1, -0.05) is 12.1 Å². The molecule has 2 rings (SSSR count). The van der Waals surface area contributed by atoms with Gasteiger partial charge in [0, 0.05) is 12.1 Å². The average molecular weight is 317 g/mol. The molecule has 0 saturated heterocycles. The molecule has 2 aromatic rings. The smallest absolute Gasteiger partial charge is 0.224 e. The molecule has 1 amide bonds. The summed E-state index contributed by atoms with van der Waals surface area (Å²) in [6.45, 7) is 1.68. The first-order chi connectivity index (χ1) is 11.0. The second-order valence-corrected chi connectivity index (χ2v) is 5.20. The number of anilines is 1. The van der Waals surface area contributed by atoms with Gasteiger partial charge in [-0.3, -0.25) is 4.79 Å². The first kappa shape index (κ1) is 16.8. The topological polar surface area (TPSA) is 47.6 Å². The van der Waals surface area contributed by atoms with Crippen molar-refractivity contribution in [2.75, 3.05) is 19.5 Å². The molecule has 0 aliphatic carbocycles. The van der Waals surface area contributed by atoms with Crippen LogP contribution in [0.4, 0.5) is 10.1 Å². The van der Waals surface area contributed by atoms with Crippen LogP contribution in [0.5, 0.6) is 11.5 Å². The minimum absolute atomic E-state index is 0.164. The molecule has 0 saturated carbocycles. The summed E-state index contributed by atoms with van der Waals surface area (Å²) >= 11 is 0. The molecule has 1 N–H and O–H groups in total. The third-order valence-corrected chi connectivity index (χ3v) is 3.54. The lowest BCUT2D eigenvalue weighted by Crippen LogP contribution is -2.12. The molecule has 23 heavy (non-hydrogen) atoms. The summed E-state index contributed by atoms with van der Waals surface area (Å²) < 4.78 is 23.9. The lowest BCUT2D eigenvalue weighted by Gasteiger charge is -2.10. The first-order valence-electron chi connectivity index (χ1n) is 7.30. The van der Waals surface area contributed by atoms with Crippen LogP contribution >= 0.6 is 0 Å². The Labute approximate surface area is 135 Å². The predicted octanol–water partition coefficient (Wildman–Crippen LogP) is 3.72. The van der Waals surface area contributed by atoms with Gasteiger partial charge in [0.25, 0.3) is 0 Å². The number of ether oxygens (including phenoxy) is 2. The summed E-state index contributed by atoms with van der Waals surface area (Å²) in [5, 5.41) is 2.70. The fourth-order valence-electron chi connectivity index (χ4n) is 2.19. The van der Waals surface area contributed by atoms with Crippen molar-refractivity contribution >= 4 is 11.6 Å². The van der Waals surface area contributed by atoms with Crippen LogP contribution in [0.1, 0.15) is 17.5 Å². The van der Waals surface area contributed by atoms with Gasteiger partial charge in [-0.05, 0) is 48.7 Å². The van der Waals surface area contributed by atoms with Gasteiger partial charge in [-0.15, -0.1) is 0 Å². The van der Waals surface area contributed by atoms with Crippen LogP contribution < -0.4 is 14.8 Å².